The van der Waals surface area contributed by atoms with Gasteiger partial charge in [-0.1, -0.05) is 24.3 Å². The summed E-state index contributed by atoms with van der Waals surface area (Å²) >= 11 is 0. The van der Waals surface area contributed by atoms with Gasteiger partial charge in [-0.15, -0.1) is 0 Å². The summed E-state index contributed by atoms with van der Waals surface area (Å²) in [5.74, 6) is 0.192. The molecule has 0 atom stereocenters. The lowest BCUT2D eigenvalue weighted by atomic mass is 10.0. The first-order valence-corrected chi connectivity index (χ1v) is 13.3. The van der Waals surface area contributed by atoms with Gasteiger partial charge in [0, 0.05) is 17.6 Å². The summed E-state index contributed by atoms with van der Waals surface area (Å²) in [4.78, 5) is 18.8. The molecule has 0 bridgehead atoms. The number of rotatable bonds is 5. The monoisotopic (exact) mass is 520 g/mol. The van der Waals surface area contributed by atoms with E-state index in [0.29, 0.717) is 40.1 Å². The van der Waals surface area contributed by atoms with Crippen molar-refractivity contribution in [3.63, 3.8) is 0 Å². The number of nitrogens with zero attached hydrogens (tertiary/aromatic N) is 3. The van der Waals surface area contributed by atoms with Gasteiger partial charge < -0.3 is 9.64 Å². The van der Waals surface area contributed by atoms with E-state index in [-0.39, 0.29) is 17.4 Å². The molecule has 1 amide bonds. The fourth-order valence-corrected chi connectivity index (χ4v) is 5.87. The van der Waals surface area contributed by atoms with E-state index in [9.17, 15) is 18.5 Å². The summed E-state index contributed by atoms with van der Waals surface area (Å²) < 4.78 is 34.7. The Balaban J connectivity index is 1.29. The van der Waals surface area contributed by atoms with Crippen molar-refractivity contribution >= 4 is 49.0 Å². The maximum absolute atomic E-state index is 13.2. The molecule has 1 aliphatic heterocycles. The maximum atomic E-state index is 13.2. The number of benzene rings is 4. The van der Waals surface area contributed by atoms with E-state index in [4.69, 9.17) is 4.74 Å². The smallest absolute Gasteiger partial charge is 0.265 e. The Morgan fingerprint density at radius 1 is 0.974 bits per heavy atom. The third-order valence-electron chi connectivity index (χ3n) is 6.42. The quantitative estimate of drug-likeness (QED) is 0.350. The molecule has 38 heavy (non-hydrogen) atoms. The van der Waals surface area contributed by atoms with Crippen molar-refractivity contribution < 1.29 is 17.9 Å². The Labute approximate surface area is 218 Å². The number of hydrogen-bond donors (Lipinski definition) is 1. The van der Waals surface area contributed by atoms with E-state index in [1.807, 2.05) is 30.3 Å². The highest BCUT2D eigenvalue weighted by molar-refractivity contribution is 7.93. The average molecular weight is 521 g/mol. The largest absolute Gasteiger partial charge is 0.481 e. The molecule has 9 heteroatoms. The van der Waals surface area contributed by atoms with Crippen LogP contribution >= 0.6 is 0 Å². The second kappa shape index (κ2) is 9.18. The van der Waals surface area contributed by atoms with Crippen LogP contribution in [0.4, 0.5) is 11.4 Å². The number of carbonyl (C=O) groups is 1. The Hall–Kier alpha value is -4.94. The molecule has 1 aromatic heterocycles. The molecule has 0 spiro atoms. The summed E-state index contributed by atoms with van der Waals surface area (Å²) in [6.45, 7) is 0.139. The van der Waals surface area contributed by atoms with E-state index in [0.717, 1.165) is 16.3 Å². The Morgan fingerprint density at radius 2 is 1.84 bits per heavy atom. The first kappa shape index (κ1) is 23.5. The van der Waals surface area contributed by atoms with Crippen LogP contribution < -0.4 is 14.4 Å². The average Bonchev–Trinajstić information content (AvgIpc) is 2.93. The van der Waals surface area contributed by atoms with E-state index in [2.05, 4.69) is 15.8 Å². The molecule has 8 nitrogen and oxygen atoms in total. The highest BCUT2D eigenvalue weighted by Gasteiger charge is 2.27. The Morgan fingerprint density at radius 3 is 2.71 bits per heavy atom. The van der Waals surface area contributed by atoms with Gasteiger partial charge in [0.15, 0.2) is 6.61 Å². The van der Waals surface area contributed by atoms with Crippen LogP contribution in [0, 0.1) is 11.3 Å². The fraction of sp³-hybridized carbons (Fsp3) is 0.0690. The predicted molar refractivity (Wildman–Crippen MR) is 144 cm³/mol. The number of fused-ring (bicyclic) bond motifs is 3. The van der Waals surface area contributed by atoms with Crippen LogP contribution in [0.25, 0.3) is 21.7 Å². The molecule has 0 unspecified atom stereocenters. The summed E-state index contributed by atoms with van der Waals surface area (Å²) in [7, 11) is -3.91. The molecule has 0 aliphatic carbocycles. The molecule has 0 radical (unpaired) electrons. The number of amides is 1. The first-order valence-electron chi connectivity index (χ1n) is 11.8. The van der Waals surface area contributed by atoms with Gasteiger partial charge in [0.1, 0.15) is 5.75 Å². The summed E-state index contributed by atoms with van der Waals surface area (Å²) in [6.07, 6.45) is 1.61. The van der Waals surface area contributed by atoms with Crippen molar-refractivity contribution in [1.29, 1.82) is 5.26 Å². The lowest BCUT2D eigenvalue weighted by Crippen LogP contribution is -2.38. The van der Waals surface area contributed by atoms with Crippen molar-refractivity contribution in [2.24, 2.45) is 0 Å². The number of nitriles is 1. The lowest BCUT2D eigenvalue weighted by molar-refractivity contribution is -0.121. The van der Waals surface area contributed by atoms with Gasteiger partial charge in [0.05, 0.1) is 40.0 Å². The lowest BCUT2D eigenvalue weighted by Gasteiger charge is -2.30. The minimum absolute atomic E-state index is 0.120. The second-order valence-corrected chi connectivity index (χ2v) is 10.5. The Kier molecular flexibility index (Phi) is 5.66. The number of pyridine rings is 1. The molecular weight excluding hydrogens is 500 g/mol. The molecule has 2 heterocycles. The molecule has 4 aromatic carbocycles. The van der Waals surface area contributed by atoms with Crippen LogP contribution in [-0.4, -0.2) is 25.9 Å². The fourth-order valence-electron chi connectivity index (χ4n) is 4.61. The molecule has 6 rings (SSSR count). The van der Waals surface area contributed by atoms with Crippen molar-refractivity contribution in [3.8, 4) is 11.8 Å². The molecule has 186 valence electrons. The van der Waals surface area contributed by atoms with Gasteiger partial charge in [-0.3, -0.25) is 14.5 Å². The molecule has 0 fully saturated rings. The molecule has 0 saturated heterocycles. The summed E-state index contributed by atoms with van der Waals surface area (Å²) in [6, 6.07) is 26.7. The molecule has 1 aliphatic rings. The zero-order valence-electron chi connectivity index (χ0n) is 20.0. The standard InChI is InChI=1S/C29H20N4O4S/c30-16-19-6-8-21-9-7-20(14-22(21)13-19)17-33-26-11-10-23(15-27(26)37-18-29(33)34)32-38(35,36)28-5-1-4-25-24(28)3-2-12-31-25/h1-15,32H,17-18H2. The third-order valence-corrected chi connectivity index (χ3v) is 7.86. The minimum atomic E-state index is -3.91. The van der Waals surface area contributed by atoms with E-state index >= 15 is 0 Å². The van der Waals surface area contributed by atoms with Crippen molar-refractivity contribution in [1.82, 2.24) is 4.98 Å². The minimum Gasteiger partial charge on any atom is -0.481 e. The predicted octanol–water partition coefficient (Wildman–Crippen LogP) is 4.99. The maximum Gasteiger partial charge on any atom is 0.265 e. The molecule has 1 N–H and O–H groups in total. The van der Waals surface area contributed by atoms with Gasteiger partial charge in [-0.2, -0.15) is 5.26 Å². The van der Waals surface area contributed by atoms with Crippen LogP contribution in [0.2, 0.25) is 0 Å². The number of nitrogens with one attached hydrogen (secondary N) is 1. The van der Waals surface area contributed by atoms with E-state index in [1.54, 1.807) is 59.6 Å². The van der Waals surface area contributed by atoms with Crippen LogP contribution in [0.1, 0.15) is 11.1 Å². The summed E-state index contributed by atoms with van der Waals surface area (Å²) in [5, 5.41) is 11.6. The van der Waals surface area contributed by atoms with E-state index in [1.165, 1.54) is 6.07 Å². The van der Waals surface area contributed by atoms with Crippen molar-refractivity contribution in [3.05, 3.63) is 102 Å². The van der Waals surface area contributed by atoms with Gasteiger partial charge in [0.25, 0.3) is 15.9 Å². The second-order valence-electron chi connectivity index (χ2n) is 8.89. The normalized spacial score (nSPS) is 13.1. The number of carbonyl (C=O) groups excluding carboxylic acids is 1. The van der Waals surface area contributed by atoms with E-state index < -0.39 is 10.0 Å². The number of hydrogen-bond acceptors (Lipinski definition) is 6. The molecule has 0 saturated carbocycles. The zero-order valence-corrected chi connectivity index (χ0v) is 20.8. The van der Waals surface area contributed by atoms with Crippen LogP contribution in [0.3, 0.4) is 0 Å². The van der Waals surface area contributed by atoms with Crippen LogP contribution in [0.5, 0.6) is 5.75 Å². The zero-order chi connectivity index (χ0) is 26.3. The van der Waals surface area contributed by atoms with Crippen molar-refractivity contribution in [2.75, 3.05) is 16.2 Å². The van der Waals surface area contributed by atoms with Gasteiger partial charge in [0.2, 0.25) is 0 Å². The Bertz CT molecular complexity index is 1890. The van der Waals surface area contributed by atoms with Crippen LogP contribution in [-0.2, 0) is 21.4 Å². The highest BCUT2D eigenvalue weighted by Crippen LogP contribution is 2.36. The SMILES string of the molecule is N#Cc1ccc2ccc(CN3C(=O)COc4cc(NS(=O)(=O)c5cccc6ncccc56)ccc43)cc2c1. The topological polar surface area (TPSA) is 112 Å². The number of sulfonamides is 1. The van der Waals surface area contributed by atoms with Crippen molar-refractivity contribution in [2.45, 2.75) is 11.4 Å². The first-order chi connectivity index (χ1) is 18.4. The van der Waals surface area contributed by atoms with Crippen LogP contribution in [0.15, 0.2) is 96.0 Å². The number of aromatic nitrogens is 1. The van der Waals surface area contributed by atoms with Gasteiger partial charge in [-0.05, 0) is 70.9 Å². The molecular formula is C29H20N4O4S. The summed E-state index contributed by atoms with van der Waals surface area (Å²) in [5.41, 5.74) is 2.90. The number of anilines is 2. The van der Waals surface area contributed by atoms with Gasteiger partial charge in [-0.25, -0.2) is 8.42 Å². The molecule has 5 aromatic rings. The third kappa shape index (κ3) is 4.27. The number of ether oxygens (including phenoxy) is 1. The highest BCUT2D eigenvalue weighted by atomic mass is 32.2. The van der Waals surface area contributed by atoms with Gasteiger partial charge >= 0.3 is 0 Å².